The van der Waals surface area contributed by atoms with Gasteiger partial charge in [-0.2, -0.15) is 0 Å². The summed E-state index contributed by atoms with van der Waals surface area (Å²) in [5.74, 6) is -1.30. The number of nitrogens with zero attached hydrogens (tertiary/aromatic N) is 1. The largest absolute Gasteiger partial charge is 0.478 e. The highest BCUT2D eigenvalue weighted by molar-refractivity contribution is 7.81. The summed E-state index contributed by atoms with van der Waals surface area (Å²) < 4.78 is 0. The highest BCUT2D eigenvalue weighted by Gasteiger charge is 2.28. The first-order valence-electron chi connectivity index (χ1n) is 6.60. The SMILES string of the molecule is Cc1ccc(N(C)C(=S)c2c(Cl)c(Cl)c(Cl)c(Cl)c2C(=O)O)cc1. The predicted molar refractivity (Wildman–Crippen MR) is 105 cm³/mol. The van der Waals surface area contributed by atoms with Crippen molar-refractivity contribution in [2.75, 3.05) is 11.9 Å². The van der Waals surface area contributed by atoms with Gasteiger partial charge in [0.15, 0.2) is 0 Å². The Balaban J connectivity index is 2.64. The van der Waals surface area contributed by atoms with Crippen molar-refractivity contribution >= 4 is 75.3 Å². The average molecular weight is 423 g/mol. The first kappa shape index (κ1) is 19.3. The zero-order valence-corrected chi connectivity index (χ0v) is 16.4. The van der Waals surface area contributed by atoms with Gasteiger partial charge in [-0.25, -0.2) is 4.79 Å². The molecule has 1 N–H and O–H groups in total. The molecule has 0 amide bonds. The molecule has 0 aliphatic heterocycles. The number of thiocarbonyl (C=S) groups is 1. The fourth-order valence-corrected chi connectivity index (χ4v) is 3.48. The summed E-state index contributed by atoms with van der Waals surface area (Å²) in [7, 11) is 1.70. The summed E-state index contributed by atoms with van der Waals surface area (Å²) in [4.78, 5) is 13.4. The van der Waals surface area contributed by atoms with Gasteiger partial charge in [-0.3, -0.25) is 0 Å². The van der Waals surface area contributed by atoms with Crippen molar-refractivity contribution in [1.29, 1.82) is 0 Å². The van der Waals surface area contributed by atoms with Crippen LogP contribution in [0.3, 0.4) is 0 Å². The predicted octanol–water partition coefficient (Wildman–Crippen LogP) is 6.12. The first-order valence-corrected chi connectivity index (χ1v) is 8.52. The Labute approximate surface area is 164 Å². The van der Waals surface area contributed by atoms with E-state index in [1.54, 1.807) is 11.9 Å². The molecule has 8 heteroatoms. The summed E-state index contributed by atoms with van der Waals surface area (Å²) in [5.41, 5.74) is 1.63. The molecule has 24 heavy (non-hydrogen) atoms. The summed E-state index contributed by atoms with van der Waals surface area (Å²) in [6.45, 7) is 1.96. The number of rotatable bonds is 3. The summed E-state index contributed by atoms with van der Waals surface area (Å²) in [6, 6.07) is 7.54. The van der Waals surface area contributed by atoms with E-state index in [9.17, 15) is 9.90 Å². The molecule has 0 saturated carbocycles. The quantitative estimate of drug-likeness (QED) is 0.367. The van der Waals surface area contributed by atoms with Crippen molar-refractivity contribution in [3.05, 3.63) is 61.0 Å². The van der Waals surface area contributed by atoms with Crippen molar-refractivity contribution in [1.82, 2.24) is 0 Å². The number of aryl methyl sites for hydroxylation is 1. The average Bonchev–Trinajstić information content (AvgIpc) is 2.55. The fraction of sp³-hybridized carbons (Fsp3) is 0.125. The lowest BCUT2D eigenvalue weighted by atomic mass is 10.1. The highest BCUT2D eigenvalue weighted by Crippen LogP contribution is 2.42. The lowest BCUT2D eigenvalue weighted by Crippen LogP contribution is -2.27. The Morgan fingerprint density at radius 1 is 0.958 bits per heavy atom. The van der Waals surface area contributed by atoms with Gasteiger partial charge in [-0.15, -0.1) is 0 Å². The number of hydrogen-bond acceptors (Lipinski definition) is 2. The Hall–Kier alpha value is -1.04. The van der Waals surface area contributed by atoms with Gasteiger partial charge in [0, 0.05) is 18.3 Å². The third kappa shape index (κ3) is 3.48. The van der Waals surface area contributed by atoms with Crippen LogP contribution in [0.5, 0.6) is 0 Å². The molecule has 2 rings (SSSR count). The topological polar surface area (TPSA) is 40.5 Å². The van der Waals surface area contributed by atoms with Gasteiger partial charge >= 0.3 is 5.97 Å². The van der Waals surface area contributed by atoms with Crippen molar-refractivity contribution in [2.24, 2.45) is 0 Å². The normalized spacial score (nSPS) is 10.6. The van der Waals surface area contributed by atoms with Gasteiger partial charge in [0.1, 0.15) is 4.99 Å². The van der Waals surface area contributed by atoms with E-state index in [-0.39, 0.29) is 36.2 Å². The molecule has 0 bridgehead atoms. The minimum atomic E-state index is -1.30. The lowest BCUT2D eigenvalue weighted by Gasteiger charge is -2.23. The summed E-state index contributed by atoms with van der Waals surface area (Å²) >= 11 is 29.7. The van der Waals surface area contributed by atoms with Crippen LogP contribution in [-0.4, -0.2) is 23.1 Å². The molecule has 0 unspecified atom stereocenters. The van der Waals surface area contributed by atoms with Crippen LogP contribution in [0.2, 0.25) is 20.1 Å². The second kappa shape index (κ2) is 7.46. The molecule has 0 heterocycles. The van der Waals surface area contributed by atoms with Crippen LogP contribution in [0.4, 0.5) is 5.69 Å². The van der Waals surface area contributed by atoms with Crippen LogP contribution >= 0.6 is 58.6 Å². The van der Waals surface area contributed by atoms with E-state index in [4.69, 9.17) is 58.6 Å². The molecule has 0 saturated heterocycles. The molecule has 0 aliphatic rings. The van der Waals surface area contributed by atoms with E-state index in [2.05, 4.69) is 0 Å². The van der Waals surface area contributed by atoms with Crippen LogP contribution < -0.4 is 4.90 Å². The van der Waals surface area contributed by atoms with Crippen LogP contribution in [0.15, 0.2) is 24.3 Å². The van der Waals surface area contributed by atoms with E-state index >= 15 is 0 Å². The number of carboxylic acid groups (broad SMARTS) is 1. The third-order valence-corrected chi connectivity index (χ3v) is 5.70. The monoisotopic (exact) mass is 421 g/mol. The van der Waals surface area contributed by atoms with Crippen molar-refractivity contribution in [2.45, 2.75) is 6.92 Å². The van der Waals surface area contributed by atoms with Crippen LogP contribution in [0, 0.1) is 6.92 Å². The smallest absolute Gasteiger partial charge is 0.338 e. The summed E-state index contributed by atoms with van der Waals surface area (Å²) in [6.07, 6.45) is 0. The number of hydrogen-bond donors (Lipinski definition) is 1. The van der Waals surface area contributed by atoms with E-state index in [0.29, 0.717) is 0 Å². The Morgan fingerprint density at radius 3 is 1.88 bits per heavy atom. The number of benzene rings is 2. The van der Waals surface area contributed by atoms with E-state index < -0.39 is 5.97 Å². The number of halogens is 4. The van der Waals surface area contributed by atoms with Crippen LogP contribution in [0.1, 0.15) is 21.5 Å². The molecule has 0 radical (unpaired) electrons. The van der Waals surface area contributed by atoms with Crippen molar-refractivity contribution in [3.8, 4) is 0 Å². The standard InChI is InChI=1S/C16H11Cl4NO2S/c1-7-3-5-8(6-4-7)21(2)15(24)9-10(16(22)23)12(18)14(20)13(19)11(9)17/h3-6H,1-2H3,(H,22,23). The molecule has 126 valence electrons. The van der Waals surface area contributed by atoms with Gasteiger partial charge in [-0.05, 0) is 19.1 Å². The van der Waals surface area contributed by atoms with Crippen molar-refractivity contribution < 1.29 is 9.90 Å². The van der Waals surface area contributed by atoms with Crippen LogP contribution in [-0.2, 0) is 0 Å². The molecule has 0 aliphatic carbocycles. The van der Waals surface area contributed by atoms with Gasteiger partial charge in [0.25, 0.3) is 0 Å². The Morgan fingerprint density at radius 2 is 1.42 bits per heavy atom. The molecule has 0 atom stereocenters. The second-order valence-electron chi connectivity index (χ2n) is 5.01. The van der Waals surface area contributed by atoms with E-state index in [1.807, 2.05) is 31.2 Å². The molecule has 2 aromatic rings. The third-order valence-electron chi connectivity index (χ3n) is 3.42. The van der Waals surface area contributed by atoms with Gasteiger partial charge in [0.2, 0.25) is 0 Å². The molecular formula is C16H11Cl4NO2S. The molecule has 0 fully saturated rings. The lowest BCUT2D eigenvalue weighted by molar-refractivity contribution is 0.0697. The van der Waals surface area contributed by atoms with Crippen molar-refractivity contribution in [3.63, 3.8) is 0 Å². The van der Waals surface area contributed by atoms with Gasteiger partial charge in [-0.1, -0.05) is 76.3 Å². The first-order chi connectivity index (χ1) is 11.2. The summed E-state index contributed by atoms with van der Waals surface area (Å²) in [5, 5.41) is 9.09. The molecule has 0 aromatic heterocycles. The maximum Gasteiger partial charge on any atom is 0.338 e. The van der Waals surface area contributed by atoms with E-state index in [1.165, 1.54) is 0 Å². The second-order valence-corrected chi connectivity index (χ2v) is 6.91. The van der Waals surface area contributed by atoms with Gasteiger partial charge < -0.3 is 10.0 Å². The van der Waals surface area contributed by atoms with E-state index in [0.717, 1.165) is 11.3 Å². The molecule has 0 spiro atoms. The highest BCUT2D eigenvalue weighted by atomic mass is 35.5. The zero-order valence-electron chi connectivity index (χ0n) is 12.5. The number of carboxylic acids is 1. The molecular weight excluding hydrogens is 412 g/mol. The number of anilines is 1. The fourth-order valence-electron chi connectivity index (χ4n) is 2.09. The van der Waals surface area contributed by atoms with Gasteiger partial charge in [0.05, 0.1) is 25.7 Å². The Bertz CT molecular complexity index is 837. The minimum absolute atomic E-state index is 0.0389. The number of carbonyl (C=O) groups is 1. The maximum absolute atomic E-state index is 11.6. The van der Waals surface area contributed by atoms with Crippen LogP contribution in [0.25, 0.3) is 0 Å². The maximum atomic E-state index is 11.6. The number of aromatic carboxylic acids is 1. The minimum Gasteiger partial charge on any atom is -0.478 e. The molecule has 2 aromatic carbocycles. The molecule has 3 nitrogen and oxygen atoms in total. The Kier molecular flexibility index (Phi) is 6.00. The zero-order chi connectivity index (χ0) is 18.2.